The Labute approximate surface area is 53.8 Å². The average molecular weight is 129 g/mol. The molecule has 0 radical (unpaired) electrons. The molecule has 1 fully saturated rings. The minimum atomic E-state index is 0.202. The summed E-state index contributed by atoms with van der Waals surface area (Å²) in [6.45, 7) is 1.31. The summed E-state index contributed by atoms with van der Waals surface area (Å²) in [5.41, 5.74) is 0. The second kappa shape index (κ2) is 4.10. The van der Waals surface area contributed by atoms with Crippen molar-refractivity contribution in [2.75, 3.05) is 6.54 Å². The monoisotopic (exact) mass is 129 g/mol. The maximum absolute atomic E-state index is 3.53. The van der Waals surface area contributed by atoms with Gasteiger partial charge in [0.1, 0.15) is 0 Å². The van der Waals surface area contributed by atoms with Crippen molar-refractivity contribution in [3.8, 4) is 0 Å². The summed E-state index contributed by atoms with van der Waals surface area (Å²) in [7, 11) is 0.202. The zero-order valence-electron chi connectivity index (χ0n) is 5.45. The lowest BCUT2D eigenvalue weighted by Gasteiger charge is -2.07. The Hall–Kier alpha value is 0.177. The molecule has 0 spiro atoms. The first-order valence-electron chi connectivity index (χ1n) is 3.71. The SMILES string of the molecule is C1CCC[SiH2]NCC1. The van der Waals surface area contributed by atoms with Crippen molar-refractivity contribution in [3.63, 3.8) is 0 Å². The molecule has 0 unspecified atom stereocenters. The van der Waals surface area contributed by atoms with Crippen LogP contribution in [0.2, 0.25) is 6.04 Å². The van der Waals surface area contributed by atoms with E-state index in [1.807, 2.05) is 0 Å². The van der Waals surface area contributed by atoms with E-state index in [1.165, 1.54) is 38.3 Å². The predicted molar refractivity (Wildman–Crippen MR) is 39.8 cm³/mol. The Morgan fingerprint density at radius 3 is 2.88 bits per heavy atom. The van der Waals surface area contributed by atoms with Gasteiger partial charge in [0.05, 0.1) is 9.68 Å². The minimum absolute atomic E-state index is 0.202. The van der Waals surface area contributed by atoms with Crippen LogP contribution in [0.15, 0.2) is 0 Å². The summed E-state index contributed by atoms with van der Waals surface area (Å²) in [6.07, 6.45) is 5.88. The summed E-state index contributed by atoms with van der Waals surface area (Å²) >= 11 is 0. The van der Waals surface area contributed by atoms with Crippen molar-refractivity contribution >= 4 is 9.68 Å². The van der Waals surface area contributed by atoms with Gasteiger partial charge in [0.15, 0.2) is 0 Å². The van der Waals surface area contributed by atoms with Crippen LogP contribution in [0.1, 0.15) is 25.7 Å². The van der Waals surface area contributed by atoms with E-state index in [4.69, 9.17) is 0 Å². The fourth-order valence-corrected chi connectivity index (χ4v) is 2.51. The van der Waals surface area contributed by atoms with E-state index in [9.17, 15) is 0 Å². The van der Waals surface area contributed by atoms with Crippen LogP contribution in [-0.2, 0) is 0 Å². The Bertz CT molecular complexity index is 32.5. The quantitative estimate of drug-likeness (QED) is 0.474. The standard InChI is InChI=1S/C6H15NSi/c1-2-4-6-8-7-5-3-1/h7H,1-6,8H2. The van der Waals surface area contributed by atoms with Crippen molar-refractivity contribution in [1.29, 1.82) is 0 Å². The van der Waals surface area contributed by atoms with Gasteiger partial charge in [-0.2, -0.15) is 0 Å². The predicted octanol–water partition coefficient (Wildman–Crippen LogP) is 0.652. The molecule has 1 rings (SSSR count). The zero-order chi connectivity index (χ0) is 5.66. The number of nitrogens with one attached hydrogen (secondary N) is 1. The van der Waals surface area contributed by atoms with Gasteiger partial charge < -0.3 is 4.98 Å². The first kappa shape index (κ1) is 6.30. The Balaban J connectivity index is 2.00. The molecule has 0 bridgehead atoms. The molecule has 48 valence electrons. The number of hydrogen-bond acceptors (Lipinski definition) is 1. The molecular weight excluding hydrogens is 114 g/mol. The minimum Gasteiger partial charge on any atom is -0.342 e. The van der Waals surface area contributed by atoms with E-state index in [2.05, 4.69) is 4.98 Å². The van der Waals surface area contributed by atoms with Crippen LogP contribution in [0, 0.1) is 0 Å². The molecule has 2 heteroatoms. The van der Waals surface area contributed by atoms with E-state index in [0.717, 1.165) is 0 Å². The summed E-state index contributed by atoms with van der Waals surface area (Å²) < 4.78 is 0. The lowest BCUT2D eigenvalue weighted by molar-refractivity contribution is 0.638. The molecule has 8 heavy (non-hydrogen) atoms. The van der Waals surface area contributed by atoms with Gasteiger partial charge in [0.2, 0.25) is 0 Å². The van der Waals surface area contributed by atoms with Gasteiger partial charge >= 0.3 is 0 Å². The Morgan fingerprint density at radius 2 is 1.88 bits per heavy atom. The Kier molecular flexibility index (Phi) is 3.22. The summed E-state index contributed by atoms with van der Waals surface area (Å²) in [5.74, 6) is 0. The van der Waals surface area contributed by atoms with Crippen molar-refractivity contribution in [3.05, 3.63) is 0 Å². The van der Waals surface area contributed by atoms with Gasteiger partial charge in [-0.1, -0.05) is 19.3 Å². The van der Waals surface area contributed by atoms with Gasteiger partial charge in [0.25, 0.3) is 0 Å². The lowest BCUT2D eigenvalue weighted by atomic mass is 10.2. The zero-order valence-corrected chi connectivity index (χ0v) is 6.86. The Morgan fingerprint density at radius 1 is 1.00 bits per heavy atom. The molecular formula is C6H15NSi. The average Bonchev–Trinajstić information content (AvgIpc) is 1.62. The molecule has 0 amide bonds. The van der Waals surface area contributed by atoms with E-state index >= 15 is 0 Å². The van der Waals surface area contributed by atoms with Gasteiger partial charge in [-0.15, -0.1) is 0 Å². The summed E-state index contributed by atoms with van der Waals surface area (Å²) in [4.78, 5) is 3.53. The fourth-order valence-electron chi connectivity index (χ4n) is 1.16. The molecule has 1 N–H and O–H groups in total. The first-order valence-corrected chi connectivity index (χ1v) is 5.41. The fraction of sp³-hybridized carbons (Fsp3) is 1.00. The van der Waals surface area contributed by atoms with Gasteiger partial charge in [-0.3, -0.25) is 0 Å². The second-order valence-corrected chi connectivity index (χ2v) is 4.22. The van der Waals surface area contributed by atoms with Gasteiger partial charge in [0, 0.05) is 0 Å². The van der Waals surface area contributed by atoms with Crippen LogP contribution >= 0.6 is 0 Å². The smallest absolute Gasteiger partial charge is 0.0916 e. The first-order chi connectivity index (χ1) is 4.00. The molecule has 0 aromatic rings. The largest absolute Gasteiger partial charge is 0.342 e. The van der Waals surface area contributed by atoms with E-state index in [1.54, 1.807) is 0 Å². The molecule has 1 heterocycles. The molecule has 0 atom stereocenters. The second-order valence-electron chi connectivity index (χ2n) is 2.52. The highest BCUT2D eigenvalue weighted by atomic mass is 28.2. The van der Waals surface area contributed by atoms with Crippen LogP contribution in [0.4, 0.5) is 0 Å². The topological polar surface area (TPSA) is 12.0 Å². The highest BCUT2D eigenvalue weighted by Crippen LogP contribution is 2.03. The third kappa shape index (κ3) is 2.48. The van der Waals surface area contributed by atoms with Gasteiger partial charge in [-0.05, 0) is 19.0 Å². The normalized spacial score (nSPS) is 27.0. The molecule has 0 aromatic carbocycles. The molecule has 0 saturated carbocycles. The van der Waals surface area contributed by atoms with Crippen LogP contribution < -0.4 is 4.98 Å². The van der Waals surface area contributed by atoms with Crippen molar-refractivity contribution in [2.24, 2.45) is 0 Å². The van der Waals surface area contributed by atoms with Crippen LogP contribution in [-0.4, -0.2) is 16.2 Å². The van der Waals surface area contributed by atoms with Crippen molar-refractivity contribution in [2.45, 2.75) is 31.7 Å². The highest BCUT2D eigenvalue weighted by Gasteiger charge is 1.95. The number of hydrogen-bond donors (Lipinski definition) is 1. The van der Waals surface area contributed by atoms with E-state index < -0.39 is 0 Å². The molecule has 1 aliphatic rings. The molecule has 0 aromatic heterocycles. The lowest BCUT2D eigenvalue weighted by Crippen LogP contribution is -2.21. The third-order valence-electron chi connectivity index (χ3n) is 1.71. The van der Waals surface area contributed by atoms with Crippen molar-refractivity contribution in [1.82, 2.24) is 4.98 Å². The maximum atomic E-state index is 3.53. The highest BCUT2D eigenvalue weighted by molar-refractivity contribution is 6.32. The van der Waals surface area contributed by atoms with E-state index in [0.29, 0.717) is 0 Å². The van der Waals surface area contributed by atoms with Gasteiger partial charge in [-0.25, -0.2) is 0 Å². The maximum Gasteiger partial charge on any atom is 0.0916 e. The van der Waals surface area contributed by atoms with Crippen LogP contribution in [0.3, 0.4) is 0 Å². The summed E-state index contributed by atoms with van der Waals surface area (Å²) in [5, 5.41) is 0. The van der Waals surface area contributed by atoms with Crippen LogP contribution in [0.5, 0.6) is 0 Å². The molecule has 1 aliphatic heterocycles. The molecule has 0 aliphatic carbocycles. The summed E-state index contributed by atoms with van der Waals surface area (Å²) in [6, 6.07) is 1.53. The van der Waals surface area contributed by atoms with Crippen LogP contribution in [0.25, 0.3) is 0 Å². The van der Waals surface area contributed by atoms with E-state index in [-0.39, 0.29) is 9.68 Å². The molecule has 1 nitrogen and oxygen atoms in total. The third-order valence-corrected chi connectivity index (χ3v) is 3.27. The van der Waals surface area contributed by atoms with Crippen molar-refractivity contribution < 1.29 is 0 Å². The number of rotatable bonds is 0. The molecule has 1 saturated heterocycles.